The molecule has 0 aromatic heterocycles. The van der Waals surface area contributed by atoms with Gasteiger partial charge in [-0.15, -0.1) is 0 Å². The third-order valence-electron chi connectivity index (χ3n) is 5.67. The van der Waals surface area contributed by atoms with Gasteiger partial charge in [-0.25, -0.2) is 0 Å². The Bertz CT molecular complexity index is 834. The van der Waals surface area contributed by atoms with Crippen molar-refractivity contribution in [3.05, 3.63) is 64.2 Å². The predicted octanol–water partition coefficient (Wildman–Crippen LogP) is 2.06. The van der Waals surface area contributed by atoms with Gasteiger partial charge in [0.15, 0.2) is 0 Å². The van der Waals surface area contributed by atoms with Gasteiger partial charge >= 0.3 is 0 Å². The molecule has 2 aliphatic heterocycles. The summed E-state index contributed by atoms with van der Waals surface area (Å²) in [7, 11) is 0. The molecule has 1 fully saturated rings. The van der Waals surface area contributed by atoms with Crippen LogP contribution >= 0.6 is 0 Å². The van der Waals surface area contributed by atoms with E-state index in [1.165, 1.54) is 11.1 Å². The van der Waals surface area contributed by atoms with E-state index in [0.717, 1.165) is 48.3 Å². The van der Waals surface area contributed by atoms with E-state index in [9.17, 15) is 15.3 Å². The molecule has 1 saturated heterocycles. The minimum absolute atomic E-state index is 0.265. The molecule has 2 aromatic rings. The van der Waals surface area contributed by atoms with Crippen LogP contribution in [-0.4, -0.2) is 46.8 Å². The van der Waals surface area contributed by atoms with E-state index < -0.39 is 24.4 Å². The van der Waals surface area contributed by atoms with E-state index in [2.05, 4.69) is 24.3 Å². The Labute approximate surface area is 165 Å². The zero-order valence-electron chi connectivity index (χ0n) is 16.0. The maximum Gasteiger partial charge on any atom is 0.122 e. The molecule has 0 amide bonds. The Morgan fingerprint density at radius 3 is 2.86 bits per heavy atom. The Kier molecular flexibility index (Phi) is 5.56. The Hall–Kier alpha value is -2.10. The summed E-state index contributed by atoms with van der Waals surface area (Å²) in [4.78, 5) is 0. The summed E-state index contributed by atoms with van der Waals surface area (Å²) in [6.45, 7) is 2.46. The molecular weight excluding hydrogens is 356 g/mol. The number of hydrogen-bond donors (Lipinski definition) is 3. The Morgan fingerprint density at radius 1 is 1.18 bits per heavy atom. The van der Waals surface area contributed by atoms with Crippen molar-refractivity contribution in [1.82, 2.24) is 0 Å². The van der Waals surface area contributed by atoms with Crippen molar-refractivity contribution >= 4 is 0 Å². The highest BCUT2D eigenvalue weighted by Gasteiger charge is 2.37. The van der Waals surface area contributed by atoms with Gasteiger partial charge in [0.2, 0.25) is 0 Å². The molecule has 0 unspecified atom stereocenters. The smallest absolute Gasteiger partial charge is 0.122 e. The average Bonchev–Trinajstić information content (AvgIpc) is 2.71. The van der Waals surface area contributed by atoms with Crippen molar-refractivity contribution in [2.24, 2.45) is 0 Å². The highest BCUT2D eigenvalue weighted by atomic mass is 16.5. The zero-order chi connectivity index (χ0) is 19.7. The summed E-state index contributed by atoms with van der Waals surface area (Å²) in [6.07, 6.45) is -0.120. The molecule has 0 spiro atoms. The summed E-state index contributed by atoms with van der Waals surface area (Å²) >= 11 is 0. The van der Waals surface area contributed by atoms with Gasteiger partial charge < -0.3 is 24.8 Å². The molecule has 0 radical (unpaired) electrons. The minimum atomic E-state index is -1.08. The minimum Gasteiger partial charge on any atom is -0.493 e. The van der Waals surface area contributed by atoms with Crippen molar-refractivity contribution < 1.29 is 24.8 Å². The molecule has 2 aliphatic rings. The van der Waals surface area contributed by atoms with Crippen molar-refractivity contribution in [3.8, 4) is 5.75 Å². The molecule has 4 atom stereocenters. The first kappa shape index (κ1) is 19.2. The van der Waals surface area contributed by atoms with Gasteiger partial charge in [0.05, 0.1) is 25.4 Å². The molecule has 3 N–H and O–H groups in total. The lowest BCUT2D eigenvalue weighted by molar-refractivity contribution is -0.181. The lowest BCUT2D eigenvalue weighted by Crippen LogP contribution is -2.47. The fourth-order valence-corrected chi connectivity index (χ4v) is 3.98. The van der Waals surface area contributed by atoms with E-state index in [1.807, 2.05) is 19.1 Å². The summed E-state index contributed by atoms with van der Waals surface area (Å²) in [6, 6.07) is 14.7. The molecule has 0 bridgehead atoms. The highest BCUT2D eigenvalue weighted by Crippen LogP contribution is 2.32. The summed E-state index contributed by atoms with van der Waals surface area (Å²) in [5.74, 6) is 0.985. The molecule has 5 nitrogen and oxygen atoms in total. The number of rotatable bonds is 4. The molecule has 0 aliphatic carbocycles. The van der Waals surface area contributed by atoms with Crippen LogP contribution in [-0.2, 0) is 17.6 Å². The largest absolute Gasteiger partial charge is 0.493 e. The van der Waals surface area contributed by atoms with Crippen LogP contribution in [0.5, 0.6) is 5.75 Å². The molecule has 5 heteroatoms. The van der Waals surface area contributed by atoms with Crippen LogP contribution in [0.3, 0.4) is 0 Å². The second-order valence-electron chi connectivity index (χ2n) is 7.71. The monoisotopic (exact) mass is 382 g/mol. The molecule has 2 heterocycles. The first-order valence-electron chi connectivity index (χ1n) is 9.85. The van der Waals surface area contributed by atoms with Crippen LogP contribution in [0.4, 0.5) is 0 Å². The quantitative estimate of drug-likeness (QED) is 0.754. The molecule has 0 saturated carbocycles. The standard InChI is InChI=1S/C23H26O5/c1-14-4-6-17(21-12-19(25)23(26)22(13-24)28-21)11-18(14)10-15-5-7-20-16(9-15)3-2-8-27-20/h5,7,9,11,19,21-26H,2-3,8,10,12-13H2,1H3/t19-,21-,22-,23+/m1/s1. The van der Waals surface area contributed by atoms with Gasteiger partial charge in [0, 0.05) is 17.5 Å². The van der Waals surface area contributed by atoms with Crippen LogP contribution in [0.25, 0.3) is 0 Å². The normalized spacial score (nSPS) is 26.9. The van der Waals surface area contributed by atoms with Crippen molar-refractivity contribution in [2.75, 3.05) is 13.2 Å². The van der Waals surface area contributed by atoms with Gasteiger partial charge in [-0.2, -0.15) is 0 Å². The summed E-state index contributed by atoms with van der Waals surface area (Å²) in [5.41, 5.74) is 5.40. The molecule has 4 rings (SSSR count). The number of aliphatic hydroxyl groups excluding tert-OH is 3. The van der Waals surface area contributed by atoms with Crippen molar-refractivity contribution in [2.45, 2.75) is 57.0 Å². The van der Waals surface area contributed by atoms with Crippen LogP contribution in [0.1, 0.15) is 46.8 Å². The van der Waals surface area contributed by atoms with Gasteiger partial charge in [0.25, 0.3) is 0 Å². The number of ether oxygens (including phenoxy) is 2. The summed E-state index contributed by atoms with van der Waals surface area (Å²) in [5, 5.41) is 29.4. The zero-order valence-corrected chi connectivity index (χ0v) is 16.0. The van der Waals surface area contributed by atoms with Crippen molar-refractivity contribution in [1.29, 1.82) is 0 Å². The maximum absolute atomic E-state index is 10.1. The first-order chi connectivity index (χ1) is 13.5. The topological polar surface area (TPSA) is 79.2 Å². The van der Waals surface area contributed by atoms with Crippen LogP contribution in [0.2, 0.25) is 0 Å². The van der Waals surface area contributed by atoms with E-state index in [0.29, 0.717) is 0 Å². The molecular formula is C23H26O5. The maximum atomic E-state index is 10.1. The van der Waals surface area contributed by atoms with E-state index in [-0.39, 0.29) is 13.0 Å². The Balaban J connectivity index is 1.56. The van der Waals surface area contributed by atoms with Gasteiger partial charge in [-0.1, -0.05) is 24.3 Å². The van der Waals surface area contributed by atoms with Crippen molar-refractivity contribution in [3.63, 3.8) is 0 Å². The van der Waals surface area contributed by atoms with E-state index >= 15 is 0 Å². The van der Waals surface area contributed by atoms with Gasteiger partial charge in [-0.3, -0.25) is 0 Å². The second-order valence-corrected chi connectivity index (χ2v) is 7.71. The van der Waals surface area contributed by atoms with E-state index in [1.54, 1.807) is 0 Å². The van der Waals surface area contributed by atoms with Gasteiger partial charge in [-0.05, 0) is 55.0 Å². The van der Waals surface area contributed by atoms with Crippen LogP contribution in [0, 0.1) is 19.1 Å². The second kappa shape index (κ2) is 8.10. The lowest BCUT2D eigenvalue weighted by atomic mass is 9.92. The van der Waals surface area contributed by atoms with Crippen LogP contribution < -0.4 is 4.74 Å². The fraction of sp³-hybridized carbons (Fsp3) is 0.478. The predicted molar refractivity (Wildman–Crippen MR) is 103 cm³/mol. The first-order valence-corrected chi connectivity index (χ1v) is 9.85. The number of aliphatic hydroxyl groups is 3. The number of aryl methyl sites for hydroxylation is 1. The van der Waals surface area contributed by atoms with Gasteiger partial charge in [0.1, 0.15) is 18.0 Å². The van der Waals surface area contributed by atoms with E-state index in [4.69, 9.17) is 9.47 Å². The Morgan fingerprint density at radius 2 is 2.04 bits per heavy atom. The molecule has 2 aromatic carbocycles. The number of fused-ring (bicyclic) bond motifs is 1. The number of hydrogen-bond acceptors (Lipinski definition) is 5. The SMILES string of the molecule is Cc1c#cc([C@H]2C[C@@H](O)[C@H](O)[C@@H](CO)O2)cc1Cc1ccc2c(c1)CCCO2. The van der Waals surface area contributed by atoms with Crippen LogP contribution in [0.15, 0.2) is 24.3 Å². The fourth-order valence-electron chi connectivity index (χ4n) is 3.98. The molecule has 28 heavy (non-hydrogen) atoms. The average molecular weight is 382 g/mol. The third-order valence-corrected chi connectivity index (χ3v) is 5.67. The molecule has 148 valence electrons. The number of benzene rings is 1. The highest BCUT2D eigenvalue weighted by molar-refractivity contribution is 5.41. The lowest BCUT2D eigenvalue weighted by Gasteiger charge is -2.36. The third kappa shape index (κ3) is 3.87. The summed E-state index contributed by atoms with van der Waals surface area (Å²) < 4.78 is 11.5.